The highest BCUT2D eigenvalue weighted by atomic mass is 19.4. The van der Waals surface area contributed by atoms with E-state index in [0.717, 1.165) is 25.5 Å². The van der Waals surface area contributed by atoms with Gasteiger partial charge in [-0.1, -0.05) is 6.07 Å². The van der Waals surface area contributed by atoms with E-state index in [9.17, 15) is 22.8 Å². The number of carbonyl (C=O) groups is 2. The van der Waals surface area contributed by atoms with Crippen LogP contribution in [0.2, 0.25) is 0 Å². The van der Waals surface area contributed by atoms with E-state index in [1.54, 1.807) is 13.0 Å². The van der Waals surface area contributed by atoms with Crippen LogP contribution in [-0.4, -0.2) is 21.9 Å². The Balaban J connectivity index is 1.55. The highest BCUT2D eigenvalue weighted by Crippen LogP contribution is 2.60. The normalized spacial score (nSPS) is 28.8. The highest BCUT2D eigenvalue weighted by Gasteiger charge is 2.54. The number of benzene rings is 1. The maximum absolute atomic E-state index is 13.9. The Morgan fingerprint density at radius 2 is 1.72 bits per heavy atom. The van der Waals surface area contributed by atoms with Crippen LogP contribution in [0.5, 0.6) is 0 Å². The lowest BCUT2D eigenvalue weighted by molar-refractivity contribution is -0.143. The van der Waals surface area contributed by atoms with Crippen molar-refractivity contribution in [1.29, 1.82) is 0 Å². The van der Waals surface area contributed by atoms with E-state index >= 15 is 0 Å². The van der Waals surface area contributed by atoms with Gasteiger partial charge in [-0.15, -0.1) is 0 Å². The van der Waals surface area contributed by atoms with Gasteiger partial charge >= 0.3 is 6.18 Å². The van der Waals surface area contributed by atoms with Crippen LogP contribution in [0.4, 0.5) is 13.2 Å². The maximum atomic E-state index is 13.9. The number of rotatable bonds is 4. The van der Waals surface area contributed by atoms with Crippen LogP contribution in [0, 0.1) is 30.1 Å². The van der Waals surface area contributed by atoms with Crippen LogP contribution < -0.4 is 5.48 Å². The molecular formula is C24H25F3N2O3. The standard InChI is InChI=1S/C24H25F3N2O3/c1-12-2-13(7-19(30)23-8-14-3-15(9-23)5-16(4-14)10-23)6-17-20(24(25,26)27)18(22(31)29-32)11-28-21(12)17/h2,6,11,14-16,32H,3-5,7-10H2,1H3,(H,29,31). The Labute approximate surface area is 183 Å². The number of fused-ring (bicyclic) bond motifs is 1. The summed E-state index contributed by atoms with van der Waals surface area (Å²) in [6.45, 7) is 1.65. The lowest BCUT2D eigenvalue weighted by atomic mass is 9.48. The quantitative estimate of drug-likeness (QED) is 0.511. The number of pyridine rings is 1. The molecule has 2 aromatic rings. The van der Waals surface area contributed by atoms with Crippen molar-refractivity contribution in [3.05, 3.63) is 40.6 Å². The fourth-order valence-electron chi connectivity index (χ4n) is 7.02. The number of hydrogen-bond acceptors (Lipinski definition) is 4. The molecule has 0 atom stereocenters. The number of hydrogen-bond donors (Lipinski definition) is 2. The molecule has 1 aromatic carbocycles. The number of Topliss-reactive ketones (excluding diaryl/α,β-unsaturated/α-hetero) is 1. The van der Waals surface area contributed by atoms with Gasteiger partial charge in [0.2, 0.25) is 0 Å². The second-order valence-electron chi connectivity index (χ2n) is 10.1. The van der Waals surface area contributed by atoms with E-state index in [0.29, 0.717) is 28.9 Å². The summed E-state index contributed by atoms with van der Waals surface area (Å²) in [5.74, 6) is 0.651. The minimum Gasteiger partial charge on any atom is -0.299 e. The smallest absolute Gasteiger partial charge is 0.299 e. The van der Waals surface area contributed by atoms with Gasteiger partial charge in [0.15, 0.2) is 0 Å². The fraction of sp³-hybridized carbons (Fsp3) is 0.542. The number of aryl methyl sites for hydroxylation is 1. The van der Waals surface area contributed by atoms with E-state index in [2.05, 4.69) is 4.98 Å². The van der Waals surface area contributed by atoms with E-state index in [1.165, 1.54) is 30.8 Å². The summed E-state index contributed by atoms with van der Waals surface area (Å²) in [6.07, 6.45) is 2.40. The molecule has 1 amide bonds. The Hall–Kier alpha value is -2.48. The van der Waals surface area contributed by atoms with Crippen LogP contribution in [0.1, 0.15) is 65.6 Å². The van der Waals surface area contributed by atoms with Gasteiger partial charge in [0.1, 0.15) is 5.78 Å². The van der Waals surface area contributed by atoms with Gasteiger partial charge in [0.05, 0.1) is 16.6 Å². The first-order valence-electron chi connectivity index (χ1n) is 11.1. The van der Waals surface area contributed by atoms with Crippen molar-refractivity contribution in [2.24, 2.45) is 23.2 Å². The average Bonchev–Trinajstić information content (AvgIpc) is 2.70. The molecule has 32 heavy (non-hydrogen) atoms. The summed E-state index contributed by atoms with van der Waals surface area (Å²) in [6, 6.07) is 3.06. The molecule has 1 heterocycles. The first-order valence-corrected chi connectivity index (χ1v) is 11.1. The molecule has 4 bridgehead atoms. The van der Waals surface area contributed by atoms with Gasteiger partial charge < -0.3 is 0 Å². The van der Waals surface area contributed by atoms with Crippen molar-refractivity contribution in [3.63, 3.8) is 0 Å². The third-order valence-electron chi connectivity index (χ3n) is 7.85. The van der Waals surface area contributed by atoms with Gasteiger partial charge in [-0.2, -0.15) is 13.2 Å². The number of nitrogens with zero attached hydrogens (tertiary/aromatic N) is 1. The molecular weight excluding hydrogens is 421 g/mol. The number of carbonyl (C=O) groups excluding carboxylic acids is 2. The highest BCUT2D eigenvalue weighted by molar-refractivity contribution is 6.01. The van der Waals surface area contributed by atoms with Crippen LogP contribution in [0.3, 0.4) is 0 Å². The third kappa shape index (κ3) is 3.39. The van der Waals surface area contributed by atoms with Gasteiger partial charge in [-0.25, -0.2) is 5.48 Å². The second-order valence-corrected chi connectivity index (χ2v) is 10.1. The van der Waals surface area contributed by atoms with Crippen molar-refractivity contribution in [2.45, 2.75) is 58.0 Å². The summed E-state index contributed by atoms with van der Waals surface area (Å²) in [4.78, 5) is 29.4. The average molecular weight is 446 g/mol. The number of alkyl halides is 3. The maximum Gasteiger partial charge on any atom is 0.417 e. The van der Waals surface area contributed by atoms with Crippen LogP contribution in [0.15, 0.2) is 18.3 Å². The number of amides is 1. The van der Waals surface area contributed by atoms with E-state index in [4.69, 9.17) is 5.21 Å². The Morgan fingerprint density at radius 3 is 2.25 bits per heavy atom. The second kappa shape index (κ2) is 7.27. The number of halogens is 3. The molecule has 2 N–H and O–H groups in total. The van der Waals surface area contributed by atoms with Crippen LogP contribution in [-0.2, 0) is 17.4 Å². The summed E-state index contributed by atoms with van der Waals surface area (Å²) < 4.78 is 41.8. The topological polar surface area (TPSA) is 79.3 Å². The SMILES string of the molecule is Cc1cc(CC(=O)C23CC4CC(CC(C4)C2)C3)cc2c(C(F)(F)F)c(C(=O)NO)cnc12. The van der Waals surface area contributed by atoms with Gasteiger partial charge in [0.25, 0.3) is 5.91 Å². The Bertz CT molecular complexity index is 1090. The van der Waals surface area contributed by atoms with Gasteiger partial charge in [0, 0.05) is 23.4 Å². The summed E-state index contributed by atoms with van der Waals surface area (Å²) in [5.41, 5.74) is 0.163. The Kier molecular flexibility index (Phi) is 4.85. The fourth-order valence-corrected chi connectivity index (χ4v) is 7.02. The molecule has 5 nitrogen and oxygen atoms in total. The molecule has 4 aliphatic carbocycles. The minimum atomic E-state index is -4.84. The first kappa shape index (κ1) is 21.4. The molecule has 0 spiro atoms. The molecule has 8 heteroatoms. The van der Waals surface area contributed by atoms with E-state index < -0.39 is 23.2 Å². The number of hydroxylamine groups is 1. The molecule has 6 rings (SSSR count). The Morgan fingerprint density at radius 1 is 1.12 bits per heavy atom. The molecule has 0 radical (unpaired) electrons. The van der Waals surface area contributed by atoms with Crippen molar-refractivity contribution in [1.82, 2.24) is 10.5 Å². The van der Waals surface area contributed by atoms with E-state index in [1.807, 2.05) is 0 Å². The molecule has 4 saturated carbocycles. The monoisotopic (exact) mass is 446 g/mol. The van der Waals surface area contributed by atoms with Crippen LogP contribution >= 0.6 is 0 Å². The molecule has 0 unspecified atom stereocenters. The van der Waals surface area contributed by atoms with Crippen molar-refractivity contribution < 1.29 is 28.0 Å². The van der Waals surface area contributed by atoms with Crippen LogP contribution in [0.25, 0.3) is 10.9 Å². The molecule has 0 saturated heterocycles. The summed E-state index contributed by atoms with van der Waals surface area (Å²) in [7, 11) is 0. The molecule has 1 aromatic heterocycles. The lowest BCUT2D eigenvalue weighted by Gasteiger charge is -2.56. The zero-order valence-corrected chi connectivity index (χ0v) is 17.8. The number of ketones is 1. The molecule has 0 aliphatic heterocycles. The predicted octanol–water partition coefficient (Wildman–Crippen LogP) is 5.01. The minimum absolute atomic E-state index is 0.0800. The van der Waals surface area contributed by atoms with Gasteiger partial charge in [-0.05, 0) is 80.4 Å². The predicted molar refractivity (Wildman–Crippen MR) is 110 cm³/mol. The van der Waals surface area contributed by atoms with Crippen molar-refractivity contribution in [2.75, 3.05) is 0 Å². The van der Waals surface area contributed by atoms with E-state index in [-0.39, 0.29) is 28.5 Å². The lowest BCUT2D eigenvalue weighted by Crippen LogP contribution is -2.50. The summed E-state index contributed by atoms with van der Waals surface area (Å²) >= 11 is 0. The van der Waals surface area contributed by atoms with Crippen molar-refractivity contribution in [3.8, 4) is 0 Å². The largest absolute Gasteiger partial charge is 0.417 e. The molecule has 4 fully saturated rings. The number of nitrogens with one attached hydrogen (secondary N) is 1. The molecule has 170 valence electrons. The number of aromatic nitrogens is 1. The van der Waals surface area contributed by atoms with Gasteiger partial charge in [-0.3, -0.25) is 19.8 Å². The first-order chi connectivity index (χ1) is 15.1. The summed E-state index contributed by atoms with van der Waals surface area (Å²) in [5, 5.41) is 8.66. The molecule has 4 aliphatic rings. The zero-order chi connectivity index (χ0) is 22.8. The third-order valence-corrected chi connectivity index (χ3v) is 7.85. The van der Waals surface area contributed by atoms with Crippen molar-refractivity contribution >= 4 is 22.6 Å². The zero-order valence-electron chi connectivity index (χ0n) is 17.8.